The summed E-state index contributed by atoms with van der Waals surface area (Å²) in [4.78, 5) is 25.4. The zero-order valence-electron chi connectivity index (χ0n) is 13.5. The fraction of sp³-hybridized carbons (Fsp3) is 0.867. The molecule has 6 heteroatoms. The van der Waals surface area contributed by atoms with E-state index in [1.54, 1.807) is 27.9 Å². The van der Waals surface area contributed by atoms with Crippen LogP contribution in [0.25, 0.3) is 0 Å². The molecule has 1 amide bonds. The maximum Gasteiger partial charge on any atom is 0.410 e. The van der Waals surface area contributed by atoms with E-state index in [2.05, 4.69) is 0 Å². The van der Waals surface area contributed by atoms with Gasteiger partial charge in [-0.05, 0) is 46.5 Å². The van der Waals surface area contributed by atoms with E-state index in [4.69, 9.17) is 9.47 Å². The number of carbonyl (C=O) groups is 2. The zero-order chi connectivity index (χ0) is 16.1. The highest BCUT2D eigenvalue weighted by molar-refractivity contribution is 5.77. The standard InChI is InChI=1S/C15H27NO5/c1-14(2,3)21-13(19)16-9-5-7-15(11-16,12(17)18)8-6-10-20-4/h5-11H2,1-4H3,(H,17,18). The van der Waals surface area contributed by atoms with Gasteiger partial charge in [0.05, 0.1) is 5.41 Å². The number of hydrogen-bond donors (Lipinski definition) is 1. The lowest BCUT2D eigenvalue weighted by Gasteiger charge is -2.40. The van der Waals surface area contributed by atoms with Crippen molar-refractivity contribution in [3.63, 3.8) is 0 Å². The molecule has 122 valence electrons. The molecule has 1 aliphatic rings. The Morgan fingerprint density at radius 2 is 2.00 bits per heavy atom. The SMILES string of the molecule is COCCCC1(C(=O)O)CCCN(C(=O)OC(C)(C)C)C1. The van der Waals surface area contributed by atoms with Crippen molar-refractivity contribution in [2.75, 3.05) is 26.8 Å². The van der Waals surface area contributed by atoms with Crippen LogP contribution < -0.4 is 0 Å². The van der Waals surface area contributed by atoms with Crippen LogP contribution in [0.3, 0.4) is 0 Å². The largest absolute Gasteiger partial charge is 0.481 e. The molecule has 1 rings (SSSR count). The van der Waals surface area contributed by atoms with Gasteiger partial charge in [-0.1, -0.05) is 0 Å². The van der Waals surface area contributed by atoms with Crippen molar-refractivity contribution in [1.29, 1.82) is 0 Å². The molecule has 0 spiro atoms. The second-order valence-electron chi connectivity index (χ2n) is 6.69. The molecule has 0 bridgehead atoms. The first-order chi connectivity index (χ1) is 9.70. The molecule has 0 aromatic rings. The monoisotopic (exact) mass is 301 g/mol. The topological polar surface area (TPSA) is 76.1 Å². The number of carboxylic acid groups (broad SMARTS) is 1. The van der Waals surface area contributed by atoms with E-state index in [9.17, 15) is 14.7 Å². The van der Waals surface area contributed by atoms with Crippen molar-refractivity contribution >= 4 is 12.1 Å². The number of aliphatic carboxylic acids is 1. The Labute approximate surface area is 126 Å². The number of amides is 1. The van der Waals surface area contributed by atoms with E-state index in [0.29, 0.717) is 38.8 Å². The van der Waals surface area contributed by atoms with E-state index >= 15 is 0 Å². The molecule has 1 fully saturated rings. The maximum atomic E-state index is 12.1. The molecule has 1 saturated heterocycles. The van der Waals surface area contributed by atoms with Gasteiger partial charge in [0.15, 0.2) is 0 Å². The summed E-state index contributed by atoms with van der Waals surface area (Å²) in [5.74, 6) is -0.841. The van der Waals surface area contributed by atoms with Gasteiger partial charge in [-0.2, -0.15) is 0 Å². The molecule has 1 N–H and O–H groups in total. The maximum absolute atomic E-state index is 12.1. The van der Waals surface area contributed by atoms with Crippen LogP contribution in [0.2, 0.25) is 0 Å². The van der Waals surface area contributed by atoms with Crippen LogP contribution in [0.1, 0.15) is 46.5 Å². The van der Waals surface area contributed by atoms with Gasteiger partial charge in [0, 0.05) is 26.8 Å². The van der Waals surface area contributed by atoms with Crippen LogP contribution in [-0.4, -0.2) is 54.5 Å². The van der Waals surface area contributed by atoms with Gasteiger partial charge >= 0.3 is 12.1 Å². The molecule has 1 unspecified atom stereocenters. The lowest BCUT2D eigenvalue weighted by Crippen LogP contribution is -2.51. The highest BCUT2D eigenvalue weighted by Crippen LogP contribution is 2.35. The van der Waals surface area contributed by atoms with Crippen molar-refractivity contribution < 1.29 is 24.2 Å². The van der Waals surface area contributed by atoms with Gasteiger partial charge in [-0.15, -0.1) is 0 Å². The van der Waals surface area contributed by atoms with Crippen LogP contribution in [0.15, 0.2) is 0 Å². The van der Waals surface area contributed by atoms with Crippen molar-refractivity contribution in [2.24, 2.45) is 5.41 Å². The molecule has 0 saturated carbocycles. The molecule has 0 aliphatic carbocycles. The molecular weight excluding hydrogens is 274 g/mol. The summed E-state index contributed by atoms with van der Waals surface area (Å²) in [5, 5.41) is 9.60. The number of rotatable bonds is 5. The number of hydrogen-bond acceptors (Lipinski definition) is 4. The average Bonchev–Trinajstić information content (AvgIpc) is 2.37. The molecule has 1 aliphatic heterocycles. The molecular formula is C15H27NO5. The molecule has 1 atom stereocenters. The van der Waals surface area contributed by atoms with Gasteiger partial charge in [-0.3, -0.25) is 4.79 Å². The van der Waals surface area contributed by atoms with Gasteiger partial charge < -0.3 is 19.5 Å². The minimum absolute atomic E-state index is 0.209. The average molecular weight is 301 g/mol. The number of likely N-dealkylation sites (tertiary alicyclic amines) is 1. The quantitative estimate of drug-likeness (QED) is 0.790. The molecule has 1 heterocycles. The minimum Gasteiger partial charge on any atom is -0.481 e. The summed E-state index contributed by atoms with van der Waals surface area (Å²) < 4.78 is 10.3. The molecule has 0 aromatic carbocycles. The van der Waals surface area contributed by atoms with E-state index in [1.807, 2.05) is 0 Å². The first-order valence-electron chi connectivity index (χ1n) is 7.40. The number of nitrogens with zero attached hydrogens (tertiary/aromatic N) is 1. The molecule has 0 radical (unpaired) electrons. The van der Waals surface area contributed by atoms with Crippen LogP contribution in [-0.2, 0) is 14.3 Å². The van der Waals surface area contributed by atoms with Crippen LogP contribution in [0, 0.1) is 5.41 Å². The van der Waals surface area contributed by atoms with Gasteiger partial charge in [-0.25, -0.2) is 4.79 Å². The Morgan fingerprint density at radius 1 is 1.33 bits per heavy atom. The first-order valence-corrected chi connectivity index (χ1v) is 7.40. The van der Waals surface area contributed by atoms with Crippen molar-refractivity contribution in [3.8, 4) is 0 Å². The lowest BCUT2D eigenvalue weighted by molar-refractivity contribution is -0.153. The van der Waals surface area contributed by atoms with E-state index in [-0.39, 0.29) is 6.54 Å². The summed E-state index contributed by atoms with van der Waals surface area (Å²) >= 11 is 0. The lowest BCUT2D eigenvalue weighted by atomic mass is 9.76. The zero-order valence-corrected chi connectivity index (χ0v) is 13.5. The molecule has 6 nitrogen and oxygen atoms in total. The summed E-state index contributed by atoms with van der Waals surface area (Å²) in [7, 11) is 1.60. The van der Waals surface area contributed by atoms with Gasteiger partial charge in [0.2, 0.25) is 0 Å². The summed E-state index contributed by atoms with van der Waals surface area (Å²) in [6.45, 7) is 6.70. The summed E-state index contributed by atoms with van der Waals surface area (Å²) in [6, 6.07) is 0. The van der Waals surface area contributed by atoms with Gasteiger partial charge in [0.1, 0.15) is 5.60 Å². The highest BCUT2D eigenvalue weighted by atomic mass is 16.6. The third-order valence-corrected chi connectivity index (χ3v) is 3.69. The number of ether oxygens (including phenoxy) is 2. The Bertz CT molecular complexity index is 377. The predicted octanol–water partition coefficient (Wildman–Crippen LogP) is 2.51. The van der Waals surface area contributed by atoms with E-state index in [0.717, 1.165) is 0 Å². The normalized spacial score (nSPS) is 23.0. The fourth-order valence-corrected chi connectivity index (χ4v) is 2.65. The number of carboxylic acids is 1. The van der Waals surface area contributed by atoms with Crippen LogP contribution in [0.5, 0.6) is 0 Å². The highest BCUT2D eigenvalue weighted by Gasteiger charge is 2.43. The Balaban J connectivity index is 2.74. The molecule has 21 heavy (non-hydrogen) atoms. The first kappa shape index (κ1) is 17.8. The Hall–Kier alpha value is -1.30. The fourth-order valence-electron chi connectivity index (χ4n) is 2.65. The van der Waals surface area contributed by atoms with Crippen LogP contribution >= 0.6 is 0 Å². The smallest absolute Gasteiger partial charge is 0.410 e. The Morgan fingerprint density at radius 3 is 2.52 bits per heavy atom. The third kappa shape index (κ3) is 5.19. The number of carbonyl (C=O) groups excluding carboxylic acids is 1. The third-order valence-electron chi connectivity index (χ3n) is 3.69. The summed E-state index contributed by atoms with van der Waals surface area (Å²) in [6.07, 6.45) is 2.02. The predicted molar refractivity (Wildman–Crippen MR) is 78.2 cm³/mol. The minimum atomic E-state index is -0.881. The number of methoxy groups -OCH3 is 1. The van der Waals surface area contributed by atoms with Crippen molar-refractivity contribution in [3.05, 3.63) is 0 Å². The second kappa shape index (κ2) is 7.11. The van der Waals surface area contributed by atoms with Crippen molar-refractivity contribution in [2.45, 2.75) is 52.1 Å². The Kier molecular flexibility index (Phi) is 6.01. The van der Waals surface area contributed by atoms with Crippen molar-refractivity contribution in [1.82, 2.24) is 4.90 Å². The molecule has 0 aromatic heterocycles. The van der Waals surface area contributed by atoms with Crippen LogP contribution in [0.4, 0.5) is 4.79 Å². The van der Waals surface area contributed by atoms with E-state index in [1.165, 1.54) is 4.90 Å². The summed E-state index contributed by atoms with van der Waals surface area (Å²) in [5.41, 5.74) is -1.45. The van der Waals surface area contributed by atoms with E-state index < -0.39 is 23.1 Å². The number of piperidine rings is 1. The van der Waals surface area contributed by atoms with Gasteiger partial charge in [0.25, 0.3) is 0 Å². The second-order valence-corrected chi connectivity index (χ2v) is 6.69.